The number of nitrogens with zero attached hydrogens (tertiary/aromatic N) is 4. The molecule has 120 valence electrons. The molecule has 0 saturated carbocycles. The fraction of sp³-hybridized carbons (Fsp3) is 0.211. The molecule has 0 atom stereocenters. The molecule has 0 amide bonds. The Hall–Kier alpha value is -2.46. The van der Waals surface area contributed by atoms with Gasteiger partial charge in [-0.3, -0.25) is 0 Å². The number of hydrogen-bond acceptors (Lipinski definition) is 3. The zero-order chi connectivity index (χ0) is 16.8. The minimum atomic E-state index is 0.334. The maximum absolute atomic E-state index is 6.49. The molecule has 4 aromatic rings. The van der Waals surface area contributed by atoms with Crippen molar-refractivity contribution in [1.82, 2.24) is 19.6 Å². The Morgan fingerprint density at radius 1 is 1.04 bits per heavy atom. The predicted octanol–water partition coefficient (Wildman–Crippen LogP) is 5.03. The first kappa shape index (κ1) is 15.1. The van der Waals surface area contributed by atoms with Gasteiger partial charge in [0.2, 0.25) is 0 Å². The molecule has 4 rings (SSSR count). The van der Waals surface area contributed by atoms with Gasteiger partial charge in [0.1, 0.15) is 5.15 Å². The Morgan fingerprint density at radius 3 is 2.50 bits per heavy atom. The molecular formula is C19H17ClN4. The van der Waals surface area contributed by atoms with E-state index in [0.29, 0.717) is 11.1 Å². The highest BCUT2D eigenvalue weighted by atomic mass is 35.5. The molecule has 0 N–H and O–H groups in total. The summed E-state index contributed by atoms with van der Waals surface area (Å²) in [6.07, 6.45) is 0. The van der Waals surface area contributed by atoms with Crippen molar-refractivity contribution in [2.75, 3.05) is 0 Å². The number of fused-ring (bicyclic) bond motifs is 3. The average molecular weight is 337 g/mol. The van der Waals surface area contributed by atoms with E-state index in [4.69, 9.17) is 11.6 Å². The Kier molecular flexibility index (Phi) is 3.50. The minimum Gasteiger partial charge on any atom is -0.233 e. The van der Waals surface area contributed by atoms with E-state index in [1.165, 1.54) is 0 Å². The van der Waals surface area contributed by atoms with Gasteiger partial charge in [-0.2, -0.15) is 9.61 Å². The molecule has 0 bridgehead atoms. The Morgan fingerprint density at radius 2 is 1.79 bits per heavy atom. The van der Waals surface area contributed by atoms with Gasteiger partial charge >= 0.3 is 0 Å². The molecule has 0 radical (unpaired) electrons. The van der Waals surface area contributed by atoms with Gasteiger partial charge < -0.3 is 0 Å². The van der Waals surface area contributed by atoms with E-state index >= 15 is 0 Å². The Labute approximate surface area is 145 Å². The number of rotatable bonds is 2. The van der Waals surface area contributed by atoms with E-state index in [2.05, 4.69) is 35.0 Å². The van der Waals surface area contributed by atoms with Gasteiger partial charge in [0.05, 0.1) is 11.4 Å². The Balaban J connectivity index is 2.04. The third-order valence-corrected chi connectivity index (χ3v) is 4.50. The summed E-state index contributed by atoms with van der Waals surface area (Å²) >= 11 is 6.49. The fourth-order valence-corrected chi connectivity index (χ4v) is 3.11. The van der Waals surface area contributed by atoms with Crippen LogP contribution in [-0.2, 0) is 0 Å². The number of hydrogen-bond donors (Lipinski definition) is 0. The molecule has 0 fully saturated rings. The lowest BCUT2D eigenvalue weighted by atomic mass is 10.1. The molecule has 0 aliphatic carbocycles. The van der Waals surface area contributed by atoms with Crippen LogP contribution < -0.4 is 0 Å². The first-order valence-corrected chi connectivity index (χ1v) is 8.34. The summed E-state index contributed by atoms with van der Waals surface area (Å²) in [6.45, 7) is 6.23. The second-order valence-electron chi connectivity index (χ2n) is 6.26. The van der Waals surface area contributed by atoms with Crippen LogP contribution in [-0.4, -0.2) is 19.6 Å². The van der Waals surface area contributed by atoms with Crippen LogP contribution in [0.4, 0.5) is 0 Å². The van der Waals surface area contributed by atoms with Gasteiger partial charge in [-0.05, 0) is 24.5 Å². The summed E-state index contributed by atoms with van der Waals surface area (Å²) in [4.78, 5) is 9.33. The molecule has 5 heteroatoms. The highest BCUT2D eigenvalue weighted by Crippen LogP contribution is 2.31. The summed E-state index contributed by atoms with van der Waals surface area (Å²) in [6, 6.07) is 14.1. The van der Waals surface area contributed by atoms with Crippen molar-refractivity contribution in [2.24, 2.45) is 0 Å². The molecule has 0 unspecified atom stereocenters. The molecule has 4 nitrogen and oxygen atoms in total. The number of halogens is 1. The van der Waals surface area contributed by atoms with Crippen LogP contribution in [0.2, 0.25) is 5.15 Å². The quantitative estimate of drug-likeness (QED) is 0.482. The molecule has 0 aliphatic heterocycles. The Bertz CT molecular complexity index is 1050. The molecule has 3 heterocycles. The van der Waals surface area contributed by atoms with Crippen LogP contribution >= 0.6 is 11.6 Å². The minimum absolute atomic E-state index is 0.334. The normalized spacial score (nSPS) is 11.7. The highest BCUT2D eigenvalue weighted by molar-refractivity contribution is 6.32. The van der Waals surface area contributed by atoms with Gasteiger partial charge in [0, 0.05) is 17.0 Å². The average Bonchev–Trinajstić information content (AvgIpc) is 3.00. The maximum atomic E-state index is 6.49. The second-order valence-corrected chi connectivity index (χ2v) is 6.61. The topological polar surface area (TPSA) is 43.1 Å². The fourth-order valence-electron chi connectivity index (χ4n) is 2.87. The van der Waals surface area contributed by atoms with Crippen molar-refractivity contribution in [1.29, 1.82) is 0 Å². The lowest BCUT2D eigenvalue weighted by Gasteiger charge is -2.09. The van der Waals surface area contributed by atoms with Gasteiger partial charge in [0.25, 0.3) is 0 Å². The van der Waals surface area contributed by atoms with E-state index in [1.54, 1.807) is 4.52 Å². The van der Waals surface area contributed by atoms with Crippen molar-refractivity contribution < 1.29 is 0 Å². The standard InChI is InChI=1S/C19H17ClN4/c1-11(2)16-10-17-21-12(3)14-9-15(13-7-5-4-6-8-13)18(20)22-19(14)24(17)23-16/h4-11H,1-3H3. The molecule has 24 heavy (non-hydrogen) atoms. The lowest BCUT2D eigenvalue weighted by molar-refractivity contribution is 0.792. The summed E-state index contributed by atoms with van der Waals surface area (Å²) in [5, 5.41) is 6.09. The smallest absolute Gasteiger partial charge is 0.166 e. The summed E-state index contributed by atoms with van der Waals surface area (Å²) in [5.41, 5.74) is 5.42. The molecule has 0 aliphatic rings. The van der Waals surface area contributed by atoms with E-state index < -0.39 is 0 Å². The van der Waals surface area contributed by atoms with Crippen LogP contribution in [0, 0.1) is 6.92 Å². The maximum Gasteiger partial charge on any atom is 0.166 e. The van der Waals surface area contributed by atoms with Crippen LogP contribution in [0.25, 0.3) is 27.8 Å². The van der Waals surface area contributed by atoms with Crippen LogP contribution in [0.15, 0.2) is 42.5 Å². The van der Waals surface area contributed by atoms with E-state index in [0.717, 1.165) is 39.2 Å². The number of aromatic nitrogens is 4. The molecule has 1 aromatic carbocycles. The van der Waals surface area contributed by atoms with Gasteiger partial charge in [-0.15, -0.1) is 0 Å². The number of pyridine rings is 1. The first-order valence-electron chi connectivity index (χ1n) is 7.96. The van der Waals surface area contributed by atoms with Crippen molar-refractivity contribution in [3.05, 3.63) is 59.0 Å². The predicted molar refractivity (Wildman–Crippen MR) is 97.6 cm³/mol. The molecule has 0 saturated heterocycles. The third kappa shape index (κ3) is 2.34. The monoisotopic (exact) mass is 336 g/mol. The third-order valence-electron chi connectivity index (χ3n) is 4.21. The first-order chi connectivity index (χ1) is 11.5. The van der Waals surface area contributed by atoms with Crippen LogP contribution in [0.5, 0.6) is 0 Å². The van der Waals surface area contributed by atoms with E-state index in [1.807, 2.05) is 43.3 Å². The number of aryl methyl sites for hydroxylation is 1. The number of benzene rings is 1. The van der Waals surface area contributed by atoms with Gasteiger partial charge in [0.15, 0.2) is 11.3 Å². The van der Waals surface area contributed by atoms with Crippen molar-refractivity contribution in [2.45, 2.75) is 26.7 Å². The molecular weight excluding hydrogens is 320 g/mol. The SMILES string of the molecule is Cc1nc2cc(C(C)C)nn2c2nc(Cl)c(-c3ccccc3)cc12. The summed E-state index contributed by atoms with van der Waals surface area (Å²) in [7, 11) is 0. The summed E-state index contributed by atoms with van der Waals surface area (Å²) < 4.78 is 1.79. The second kappa shape index (κ2) is 5.56. The van der Waals surface area contributed by atoms with Crippen LogP contribution in [0.1, 0.15) is 31.2 Å². The van der Waals surface area contributed by atoms with Gasteiger partial charge in [-0.25, -0.2) is 9.97 Å². The van der Waals surface area contributed by atoms with E-state index in [9.17, 15) is 0 Å². The zero-order valence-corrected chi connectivity index (χ0v) is 14.5. The van der Waals surface area contributed by atoms with E-state index in [-0.39, 0.29) is 0 Å². The van der Waals surface area contributed by atoms with Gasteiger partial charge in [-0.1, -0.05) is 55.8 Å². The lowest BCUT2D eigenvalue weighted by Crippen LogP contribution is -2.00. The summed E-state index contributed by atoms with van der Waals surface area (Å²) in [5.74, 6) is 0.334. The molecule has 3 aromatic heterocycles. The van der Waals surface area contributed by atoms with Crippen molar-refractivity contribution >= 4 is 28.3 Å². The largest absolute Gasteiger partial charge is 0.233 e. The zero-order valence-electron chi connectivity index (χ0n) is 13.8. The molecule has 0 spiro atoms. The van der Waals surface area contributed by atoms with Crippen LogP contribution in [0.3, 0.4) is 0 Å². The van der Waals surface area contributed by atoms with Crippen molar-refractivity contribution in [3.8, 4) is 11.1 Å². The highest BCUT2D eigenvalue weighted by Gasteiger charge is 2.15. The van der Waals surface area contributed by atoms with Crippen molar-refractivity contribution in [3.63, 3.8) is 0 Å².